The number of anilines is 1. The monoisotopic (exact) mass is 549 g/mol. The molecule has 0 aliphatic carbocycles. The third-order valence-electron chi connectivity index (χ3n) is 7.77. The number of hydrogen-bond donors (Lipinski definition) is 2. The summed E-state index contributed by atoms with van der Waals surface area (Å²) in [6.45, 7) is 13.5. The van der Waals surface area contributed by atoms with E-state index in [0.29, 0.717) is 31.4 Å². The number of allylic oxidation sites excluding steroid dienone is 1. The number of pyridine rings is 1. The molecule has 1 unspecified atom stereocenters. The summed E-state index contributed by atoms with van der Waals surface area (Å²) < 4.78 is 5.49. The van der Waals surface area contributed by atoms with Gasteiger partial charge in [0.05, 0.1) is 18.6 Å². The molecule has 1 atom stereocenters. The number of aromatic amines is 1. The molecule has 2 saturated heterocycles. The number of fused-ring (bicyclic) bond motifs is 1. The van der Waals surface area contributed by atoms with Crippen LogP contribution in [0, 0.1) is 0 Å². The first-order chi connectivity index (χ1) is 20.1. The number of morpholine rings is 1. The van der Waals surface area contributed by atoms with Gasteiger partial charge in [0.25, 0.3) is 0 Å². The smallest absolute Gasteiger partial charge is 0.185 e. The molecule has 210 valence electrons. The quantitative estimate of drug-likeness (QED) is 0.225. The number of Topliss-reactive ketones (excluding diaryl/α,β-unsaturated/α-hetero) is 1. The van der Waals surface area contributed by atoms with E-state index in [2.05, 4.69) is 54.3 Å². The maximum Gasteiger partial charge on any atom is 0.185 e. The minimum absolute atomic E-state index is 0.0129. The third kappa shape index (κ3) is 6.21. The Morgan fingerprint density at radius 2 is 1.90 bits per heavy atom. The number of benzene rings is 1. The highest BCUT2D eigenvalue weighted by Crippen LogP contribution is 2.29. The molecular weight excluding hydrogens is 514 g/mol. The van der Waals surface area contributed by atoms with E-state index in [4.69, 9.17) is 4.74 Å². The summed E-state index contributed by atoms with van der Waals surface area (Å²) in [6, 6.07) is 14.5. The maximum absolute atomic E-state index is 13.1. The fourth-order valence-corrected chi connectivity index (χ4v) is 5.59. The zero-order valence-corrected chi connectivity index (χ0v) is 23.2. The Labute approximate surface area is 240 Å². The standard InChI is InChI=1S/C32H35N7O2/c1-3-22(2)36-26-9-11-38(20-26)19-24-8-10-33-29(16-24)30(40)17-23-4-6-25(7-5-23)28-18-27-31(37-28)34-21-35-32(27)39-12-14-41-15-13-39/h3-8,10,16,18,21,26,36H,1-2,9,11-15,17,19-20H2,(H,34,35,37). The average Bonchev–Trinajstić information content (AvgIpc) is 3.64. The van der Waals surface area contributed by atoms with Crippen molar-refractivity contribution in [2.75, 3.05) is 44.3 Å². The molecule has 0 radical (unpaired) electrons. The molecule has 41 heavy (non-hydrogen) atoms. The van der Waals surface area contributed by atoms with Crippen LogP contribution in [0.3, 0.4) is 0 Å². The van der Waals surface area contributed by atoms with Crippen molar-refractivity contribution in [2.24, 2.45) is 0 Å². The number of rotatable bonds is 10. The van der Waals surface area contributed by atoms with Crippen molar-refractivity contribution in [3.05, 3.63) is 96.7 Å². The van der Waals surface area contributed by atoms with Gasteiger partial charge in [-0.15, -0.1) is 0 Å². The lowest BCUT2D eigenvalue weighted by molar-refractivity contribution is 0.0988. The minimum Gasteiger partial charge on any atom is -0.381 e. The average molecular weight is 550 g/mol. The van der Waals surface area contributed by atoms with Crippen molar-refractivity contribution < 1.29 is 9.53 Å². The molecule has 0 spiro atoms. The van der Waals surface area contributed by atoms with Gasteiger partial charge in [-0.2, -0.15) is 0 Å². The Kier molecular flexibility index (Phi) is 7.89. The van der Waals surface area contributed by atoms with E-state index < -0.39 is 0 Å². The number of likely N-dealkylation sites (tertiary alicyclic amines) is 1. The van der Waals surface area contributed by atoms with Gasteiger partial charge in [-0.3, -0.25) is 14.7 Å². The number of carbonyl (C=O) groups excluding carboxylic acids is 1. The lowest BCUT2D eigenvalue weighted by Gasteiger charge is -2.27. The summed E-state index contributed by atoms with van der Waals surface area (Å²) in [5.74, 6) is 0.941. The van der Waals surface area contributed by atoms with Gasteiger partial charge in [-0.05, 0) is 47.4 Å². The topological polar surface area (TPSA) is 99.3 Å². The number of nitrogens with zero attached hydrogens (tertiary/aromatic N) is 5. The van der Waals surface area contributed by atoms with Crippen molar-refractivity contribution in [3.63, 3.8) is 0 Å². The molecule has 0 bridgehead atoms. The molecule has 3 aromatic heterocycles. The molecule has 5 heterocycles. The van der Waals surface area contributed by atoms with Crippen molar-refractivity contribution in [1.82, 2.24) is 30.2 Å². The van der Waals surface area contributed by atoms with Gasteiger partial charge in [0, 0.05) is 62.8 Å². The van der Waals surface area contributed by atoms with Crippen LogP contribution in [0.25, 0.3) is 22.3 Å². The maximum atomic E-state index is 13.1. The molecule has 2 fully saturated rings. The van der Waals surface area contributed by atoms with Gasteiger partial charge in [0.1, 0.15) is 23.5 Å². The third-order valence-corrected chi connectivity index (χ3v) is 7.77. The number of ketones is 1. The molecule has 2 aliphatic heterocycles. The molecule has 9 heteroatoms. The van der Waals surface area contributed by atoms with Crippen LogP contribution in [0.2, 0.25) is 0 Å². The fourth-order valence-electron chi connectivity index (χ4n) is 5.59. The zero-order chi connectivity index (χ0) is 28.2. The Balaban J connectivity index is 1.10. The zero-order valence-electron chi connectivity index (χ0n) is 23.2. The second-order valence-electron chi connectivity index (χ2n) is 10.7. The minimum atomic E-state index is 0.0129. The van der Waals surface area contributed by atoms with E-state index in [9.17, 15) is 4.79 Å². The van der Waals surface area contributed by atoms with Crippen LogP contribution in [-0.2, 0) is 17.7 Å². The van der Waals surface area contributed by atoms with Gasteiger partial charge < -0.3 is 19.9 Å². The highest BCUT2D eigenvalue weighted by atomic mass is 16.5. The van der Waals surface area contributed by atoms with E-state index in [1.807, 2.05) is 36.4 Å². The van der Waals surface area contributed by atoms with Crippen LogP contribution in [-0.4, -0.2) is 76.1 Å². The summed E-state index contributed by atoms with van der Waals surface area (Å²) in [4.78, 5) is 34.5. The molecule has 2 N–H and O–H groups in total. The van der Waals surface area contributed by atoms with Crippen LogP contribution in [0.4, 0.5) is 5.82 Å². The first-order valence-electron chi connectivity index (χ1n) is 14.1. The van der Waals surface area contributed by atoms with E-state index in [-0.39, 0.29) is 5.78 Å². The van der Waals surface area contributed by atoms with Gasteiger partial charge in [-0.1, -0.05) is 37.4 Å². The molecule has 1 aromatic carbocycles. The second-order valence-corrected chi connectivity index (χ2v) is 10.7. The van der Waals surface area contributed by atoms with Crippen LogP contribution >= 0.6 is 0 Å². The van der Waals surface area contributed by atoms with Gasteiger partial charge in [0.15, 0.2) is 5.78 Å². The second kappa shape index (κ2) is 12.0. The lowest BCUT2D eigenvalue weighted by Crippen LogP contribution is -2.36. The van der Waals surface area contributed by atoms with E-state index in [1.54, 1.807) is 18.6 Å². The van der Waals surface area contributed by atoms with Crippen molar-refractivity contribution in [3.8, 4) is 11.3 Å². The van der Waals surface area contributed by atoms with E-state index >= 15 is 0 Å². The summed E-state index contributed by atoms with van der Waals surface area (Å²) in [7, 11) is 0. The predicted molar refractivity (Wildman–Crippen MR) is 161 cm³/mol. The fraction of sp³-hybridized carbons (Fsp3) is 0.312. The summed E-state index contributed by atoms with van der Waals surface area (Å²) in [6.07, 6.45) is 6.44. The highest BCUT2D eigenvalue weighted by molar-refractivity contribution is 5.96. The van der Waals surface area contributed by atoms with E-state index in [0.717, 1.165) is 84.1 Å². The van der Waals surface area contributed by atoms with Gasteiger partial charge in [-0.25, -0.2) is 9.97 Å². The first kappa shape index (κ1) is 26.9. The van der Waals surface area contributed by atoms with Crippen LogP contribution < -0.4 is 10.2 Å². The van der Waals surface area contributed by atoms with Crippen LogP contribution in [0.5, 0.6) is 0 Å². The number of H-pyrrole nitrogens is 1. The highest BCUT2D eigenvalue weighted by Gasteiger charge is 2.23. The first-order valence-corrected chi connectivity index (χ1v) is 14.1. The molecular formula is C32H35N7O2. The molecule has 0 amide bonds. The number of ether oxygens (including phenoxy) is 1. The predicted octanol–water partition coefficient (Wildman–Crippen LogP) is 4.15. The number of nitrogens with one attached hydrogen (secondary N) is 2. The summed E-state index contributed by atoms with van der Waals surface area (Å²) in [5.41, 5.74) is 6.22. The van der Waals surface area contributed by atoms with Crippen molar-refractivity contribution >= 4 is 22.6 Å². The molecule has 4 aromatic rings. The largest absolute Gasteiger partial charge is 0.381 e. The Morgan fingerprint density at radius 1 is 1.07 bits per heavy atom. The normalized spacial score (nSPS) is 17.6. The number of carbonyl (C=O) groups is 1. The van der Waals surface area contributed by atoms with Gasteiger partial charge >= 0.3 is 0 Å². The Hall–Kier alpha value is -4.34. The molecule has 6 rings (SSSR count). The Bertz CT molecular complexity index is 1560. The van der Waals surface area contributed by atoms with Crippen LogP contribution in [0.15, 0.2) is 79.9 Å². The van der Waals surface area contributed by atoms with Gasteiger partial charge in [0.2, 0.25) is 0 Å². The molecule has 2 aliphatic rings. The summed E-state index contributed by atoms with van der Waals surface area (Å²) in [5, 5.41) is 4.40. The summed E-state index contributed by atoms with van der Waals surface area (Å²) >= 11 is 0. The molecule has 9 nitrogen and oxygen atoms in total. The van der Waals surface area contributed by atoms with E-state index in [1.165, 1.54) is 0 Å². The van der Waals surface area contributed by atoms with Crippen LogP contribution in [0.1, 0.15) is 28.0 Å². The SMILES string of the molecule is C=CC(=C)NC1CCN(Cc2ccnc(C(=O)Cc3ccc(-c4cc5c(N6CCOCC6)ncnc5[nH]4)cc3)c2)C1. The number of aromatic nitrogens is 4. The van der Waals surface area contributed by atoms with Crippen molar-refractivity contribution in [1.29, 1.82) is 0 Å². The van der Waals surface area contributed by atoms with Crippen molar-refractivity contribution in [2.45, 2.75) is 25.4 Å². The lowest BCUT2D eigenvalue weighted by atomic mass is 10.0. The molecule has 0 saturated carbocycles. The number of hydrogen-bond acceptors (Lipinski definition) is 8. The Morgan fingerprint density at radius 3 is 2.71 bits per heavy atom.